The SMILES string of the molecule is C1=CCC(Nc2ncnc3sccc23)C1. The first-order valence-electron chi connectivity index (χ1n) is 5.03. The van der Waals surface area contributed by atoms with Crippen molar-refractivity contribution in [2.75, 3.05) is 5.32 Å². The minimum absolute atomic E-state index is 0.503. The van der Waals surface area contributed by atoms with Gasteiger partial charge in [-0.15, -0.1) is 11.3 Å². The molecule has 4 heteroatoms. The summed E-state index contributed by atoms with van der Waals surface area (Å²) >= 11 is 1.65. The largest absolute Gasteiger partial charge is 0.366 e. The quantitative estimate of drug-likeness (QED) is 0.786. The zero-order chi connectivity index (χ0) is 10.1. The molecule has 0 atom stereocenters. The molecule has 1 aliphatic rings. The summed E-state index contributed by atoms with van der Waals surface area (Å²) in [5.41, 5.74) is 0. The molecule has 0 spiro atoms. The molecule has 76 valence electrons. The Hall–Kier alpha value is -1.42. The summed E-state index contributed by atoms with van der Waals surface area (Å²) in [5, 5.41) is 6.65. The van der Waals surface area contributed by atoms with Gasteiger partial charge in [0.1, 0.15) is 17.0 Å². The van der Waals surface area contributed by atoms with Gasteiger partial charge in [-0.2, -0.15) is 0 Å². The Balaban J connectivity index is 1.92. The van der Waals surface area contributed by atoms with E-state index in [9.17, 15) is 0 Å². The van der Waals surface area contributed by atoms with Gasteiger partial charge in [0.05, 0.1) is 5.39 Å². The van der Waals surface area contributed by atoms with Crippen LogP contribution in [0.4, 0.5) is 5.82 Å². The molecular weight excluding hydrogens is 206 g/mol. The van der Waals surface area contributed by atoms with E-state index >= 15 is 0 Å². The number of fused-ring (bicyclic) bond motifs is 1. The van der Waals surface area contributed by atoms with Gasteiger partial charge < -0.3 is 5.32 Å². The summed E-state index contributed by atoms with van der Waals surface area (Å²) in [6.07, 6.45) is 8.24. The van der Waals surface area contributed by atoms with Gasteiger partial charge in [-0.1, -0.05) is 12.2 Å². The van der Waals surface area contributed by atoms with Crippen LogP contribution in [0.25, 0.3) is 10.2 Å². The fourth-order valence-electron chi connectivity index (χ4n) is 1.83. The zero-order valence-electron chi connectivity index (χ0n) is 8.18. The summed E-state index contributed by atoms with van der Waals surface area (Å²) in [5.74, 6) is 0.968. The molecular formula is C11H11N3S. The average Bonchev–Trinajstić information content (AvgIpc) is 2.87. The maximum atomic E-state index is 4.30. The van der Waals surface area contributed by atoms with E-state index in [1.807, 2.05) is 0 Å². The summed E-state index contributed by atoms with van der Waals surface area (Å²) in [6, 6.07) is 2.58. The first-order chi connectivity index (χ1) is 7.43. The Labute approximate surface area is 91.9 Å². The first kappa shape index (κ1) is 8.85. The van der Waals surface area contributed by atoms with Gasteiger partial charge in [0.25, 0.3) is 0 Å². The highest BCUT2D eigenvalue weighted by atomic mass is 32.1. The second-order valence-corrected chi connectivity index (χ2v) is 4.54. The molecule has 0 aromatic carbocycles. The standard InChI is InChI=1S/C11H11N3S/c1-2-4-8(3-1)14-10-9-5-6-15-11(9)13-7-12-10/h1-2,5-8H,3-4H2,(H,12,13,14). The van der Waals surface area contributed by atoms with Gasteiger partial charge >= 0.3 is 0 Å². The number of hydrogen-bond acceptors (Lipinski definition) is 4. The van der Waals surface area contributed by atoms with E-state index in [2.05, 4.69) is 38.9 Å². The van der Waals surface area contributed by atoms with Crippen LogP contribution in [0.3, 0.4) is 0 Å². The van der Waals surface area contributed by atoms with Crippen molar-refractivity contribution in [2.24, 2.45) is 0 Å². The van der Waals surface area contributed by atoms with Crippen LogP contribution in [0.5, 0.6) is 0 Å². The molecule has 1 N–H and O–H groups in total. The van der Waals surface area contributed by atoms with Crippen LogP contribution >= 0.6 is 11.3 Å². The van der Waals surface area contributed by atoms with E-state index in [0.717, 1.165) is 28.9 Å². The van der Waals surface area contributed by atoms with Crippen molar-refractivity contribution >= 4 is 27.4 Å². The molecule has 0 bridgehead atoms. The van der Waals surface area contributed by atoms with E-state index in [4.69, 9.17) is 0 Å². The minimum atomic E-state index is 0.503. The zero-order valence-corrected chi connectivity index (χ0v) is 9.00. The van der Waals surface area contributed by atoms with Crippen molar-refractivity contribution in [2.45, 2.75) is 18.9 Å². The summed E-state index contributed by atoms with van der Waals surface area (Å²) in [7, 11) is 0. The predicted molar refractivity (Wildman–Crippen MR) is 63.2 cm³/mol. The van der Waals surface area contributed by atoms with Gasteiger partial charge in [0.15, 0.2) is 0 Å². The van der Waals surface area contributed by atoms with Gasteiger partial charge in [0.2, 0.25) is 0 Å². The Bertz CT molecular complexity index is 495. The van der Waals surface area contributed by atoms with Crippen molar-refractivity contribution in [3.8, 4) is 0 Å². The molecule has 2 aromatic rings. The summed E-state index contributed by atoms with van der Waals surface area (Å²) in [6.45, 7) is 0. The topological polar surface area (TPSA) is 37.8 Å². The van der Waals surface area contributed by atoms with Crippen molar-refractivity contribution in [1.29, 1.82) is 0 Å². The van der Waals surface area contributed by atoms with Crippen molar-refractivity contribution in [3.63, 3.8) is 0 Å². The first-order valence-corrected chi connectivity index (χ1v) is 5.91. The molecule has 15 heavy (non-hydrogen) atoms. The van der Waals surface area contributed by atoms with Crippen molar-refractivity contribution in [3.05, 3.63) is 29.9 Å². The van der Waals surface area contributed by atoms with E-state index in [0.29, 0.717) is 6.04 Å². The Kier molecular flexibility index (Phi) is 2.14. The van der Waals surface area contributed by atoms with Crippen LogP contribution in [0.1, 0.15) is 12.8 Å². The second-order valence-electron chi connectivity index (χ2n) is 3.65. The van der Waals surface area contributed by atoms with E-state index in [1.165, 1.54) is 0 Å². The third-order valence-corrected chi connectivity index (χ3v) is 3.43. The van der Waals surface area contributed by atoms with Gasteiger partial charge in [0, 0.05) is 6.04 Å². The molecule has 0 unspecified atom stereocenters. The number of aromatic nitrogens is 2. The average molecular weight is 217 g/mol. The number of nitrogens with one attached hydrogen (secondary N) is 1. The smallest absolute Gasteiger partial charge is 0.138 e. The van der Waals surface area contributed by atoms with Crippen molar-refractivity contribution < 1.29 is 0 Å². The highest BCUT2D eigenvalue weighted by molar-refractivity contribution is 7.16. The highest BCUT2D eigenvalue weighted by Crippen LogP contribution is 2.25. The molecule has 0 radical (unpaired) electrons. The van der Waals surface area contributed by atoms with Crippen LogP contribution in [-0.2, 0) is 0 Å². The van der Waals surface area contributed by atoms with Gasteiger partial charge in [-0.3, -0.25) is 0 Å². The highest BCUT2D eigenvalue weighted by Gasteiger charge is 2.12. The number of hydrogen-bond donors (Lipinski definition) is 1. The molecule has 0 aliphatic heterocycles. The number of nitrogens with zero attached hydrogens (tertiary/aromatic N) is 2. The molecule has 2 heterocycles. The fourth-order valence-corrected chi connectivity index (χ4v) is 2.57. The molecule has 0 saturated carbocycles. The van der Waals surface area contributed by atoms with Crippen molar-refractivity contribution in [1.82, 2.24) is 9.97 Å². The fraction of sp³-hybridized carbons (Fsp3) is 0.273. The molecule has 0 amide bonds. The third-order valence-electron chi connectivity index (χ3n) is 2.61. The number of thiophene rings is 1. The van der Waals surface area contributed by atoms with Crippen LogP contribution in [0.15, 0.2) is 29.9 Å². The molecule has 1 aliphatic carbocycles. The molecule has 2 aromatic heterocycles. The number of rotatable bonds is 2. The Morgan fingerprint density at radius 1 is 1.27 bits per heavy atom. The molecule has 0 fully saturated rings. The van der Waals surface area contributed by atoms with Crippen LogP contribution in [0, 0.1) is 0 Å². The van der Waals surface area contributed by atoms with E-state index in [1.54, 1.807) is 17.7 Å². The lowest BCUT2D eigenvalue weighted by Gasteiger charge is -2.12. The lowest BCUT2D eigenvalue weighted by Crippen LogP contribution is -2.16. The summed E-state index contributed by atoms with van der Waals surface area (Å²) in [4.78, 5) is 9.58. The van der Waals surface area contributed by atoms with Crippen LogP contribution < -0.4 is 5.32 Å². The van der Waals surface area contributed by atoms with E-state index < -0.39 is 0 Å². The molecule has 0 saturated heterocycles. The maximum absolute atomic E-state index is 4.30. The van der Waals surface area contributed by atoms with E-state index in [-0.39, 0.29) is 0 Å². The third kappa shape index (κ3) is 1.61. The predicted octanol–water partition coefficient (Wildman–Crippen LogP) is 2.82. The number of anilines is 1. The molecule has 3 nitrogen and oxygen atoms in total. The lowest BCUT2D eigenvalue weighted by molar-refractivity contribution is 0.782. The minimum Gasteiger partial charge on any atom is -0.366 e. The Morgan fingerprint density at radius 2 is 2.13 bits per heavy atom. The Morgan fingerprint density at radius 3 is 3.00 bits per heavy atom. The van der Waals surface area contributed by atoms with Gasteiger partial charge in [-0.25, -0.2) is 9.97 Å². The van der Waals surface area contributed by atoms with Crippen LogP contribution in [0.2, 0.25) is 0 Å². The normalized spacial score (nSPS) is 16.3. The maximum Gasteiger partial charge on any atom is 0.138 e. The second kappa shape index (κ2) is 3.62. The van der Waals surface area contributed by atoms with Crippen LogP contribution in [-0.4, -0.2) is 16.0 Å². The molecule has 3 rings (SSSR count). The van der Waals surface area contributed by atoms with Gasteiger partial charge in [-0.05, 0) is 24.3 Å². The lowest BCUT2D eigenvalue weighted by atomic mass is 10.2. The summed E-state index contributed by atoms with van der Waals surface area (Å²) < 4.78 is 0. The monoisotopic (exact) mass is 217 g/mol.